The zero-order valence-electron chi connectivity index (χ0n) is 12.3. The molecule has 6 heteroatoms. The van der Waals surface area contributed by atoms with Crippen LogP contribution in [0.15, 0.2) is 29.7 Å². The number of H-pyrrole nitrogens is 1. The van der Waals surface area contributed by atoms with Crippen LogP contribution in [0.2, 0.25) is 0 Å². The van der Waals surface area contributed by atoms with Crippen LogP contribution in [0, 0.1) is 11.3 Å². The van der Waals surface area contributed by atoms with Gasteiger partial charge in [0.1, 0.15) is 11.2 Å². The molecule has 2 heterocycles. The molecule has 0 saturated heterocycles. The number of rotatable bonds is 4. The van der Waals surface area contributed by atoms with E-state index in [4.69, 9.17) is 11.0 Å². The lowest BCUT2D eigenvalue weighted by atomic mass is 10.0. The van der Waals surface area contributed by atoms with Gasteiger partial charge < -0.3 is 16.0 Å². The molecule has 0 aliphatic heterocycles. The van der Waals surface area contributed by atoms with Gasteiger partial charge in [0.05, 0.1) is 11.8 Å². The molecule has 0 fully saturated rings. The summed E-state index contributed by atoms with van der Waals surface area (Å²) in [6.07, 6.45) is 6.64. The number of pyridine rings is 1. The molecule has 0 atom stereocenters. The second kappa shape index (κ2) is 5.67. The average molecular weight is 282 g/mol. The Balaban J connectivity index is 2.51. The fourth-order valence-electron chi connectivity index (χ4n) is 1.96. The van der Waals surface area contributed by atoms with E-state index in [1.807, 2.05) is 19.3 Å². The fraction of sp³-hybridized carbons (Fsp3) is 0.267. The average Bonchev–Trinajstić information content (AvgIpc) is 2.96. The summed E-state index contributed by atoms with van der Waals surface area (Å²) in [5.41, 5.74) is 8.19. The minimum atomic E-state index is -0.792. The van der Waals surface area contributed by atoms with E-state index in [1.54, 1.807) is 26.3 Å². The molecule has 0 radical (unpaired) electrons. The maximum atomic E-state index is 9.02. The highest BCUT2D eigenvalue weighted by atomic mass is 14.9. The highest BCUT2D eigenvalue weighted by Crippen LogP contribution is 2.29. The Morgan fingerprint density at radius 3 is 2.95 bits per heavy atom. The third-order valence-corrected chi connectivity index (χ3v) is 3.13. The lowest BCUT2D eigenvalue weighted by molar-refractivity contribution is 0.677. The van der Waals surface area contributed by atoms with Crippen molar-refractivity contribution in [3.05, 3.63) is 30.2 Å². The molecule has 0 bridgehead atoms. The summed E-state index contributed by atoms with van der Waals surface area (Å²) in [5.74, 6) is 0. The normalized spacial score (nSPS) is 12.8. The Morgan fingerprint density at radius 1 is 1.57 bits per heavy atom. The first-order valence-electron chi connectivity index (χ1n) is 6.55. The lowest BCUT2D eigenvalue weighted by Gasteiger charge is -2.12. The quantitative estimate of drug-likeness (QED) is 0.748. The molecule has 2 aromatic heterocycles. The zero-order valence-corrected chi connectivity index (χ0v) is 12.3. The van der Waals surface area contributed by atoms with Crippen LogP contribution in [-0.4, -0.2) is 28.8 Å². The molecule has 0 aliphatic rings. The van der Waals surface area contributed by atoms with E-state index < -0.39 is 5.54 Å². The topological polar surface area (TPSA) is 103 Å². The monoisotopic (exact) mass is 282 g/mol. The summed E-state index contributed by atoms with van der Waals surface area (Å²) in [7, 11) is 1.84. The molecule has 2 aromatic rings. The number of nitrogens with one attached hydrogen (secondary N) is 2. The van der Waals surface area contributed by atoms with Crippen molar-refractivity contribution >= 4 is 28.5 Å². The molecular formula is C15H18N6. The molecule has 0 unspecified atom stereocenters. The van der Waals surface area contributed by atoms with E-state index >= 15 is 0 Å². The number of aliphatic imine (C=N–C) groups is 1. The van der Waals surface area contributed by atoms with Gasteiger partial charge in [0.25, 0.3) is 0 Å². The Labute approximate surface area is 123 Å². The van der Waals surface area contributed by atoms with Gasteiger partial charge in [0.15, 0.2) is 0 Å². The van der Waals surface area contributed by atoms with Crippen molar-refractivity contribution in [1.29, 1.82) is 5.26 Å². The summed E-state index contributed by atoms with van der Waals surface area (Å²) < 4.78 is 0. The van der Waals surface area contributed by atoms with E-state index in [2.05, 4.69) is 26.3 Å². The van der Waals surface area contributed by atoms with Gasteiger partial charge >= 0.3 is 0 Å². The minimum Gasteiger partial charge on any atom is -0.404 e. The summed E-state index contributed by atoms with van der Waals surface area (Å²) in [6.45, 7) is 3.48. The molecule has 6 nitrogen and oxygen atoms in total. The van der Waals surface area contributed by atoms with Crippen molar-refractivity contribution in [2.45, 2.75) is 19.4 Å². The van der Waals surface area contributed by atoms with Crippen LogP contribution >= 0.6 is 0 Å². The van der Waals surface area contributed by atoms with Crippen molar-refractivity contribution in [3.8, 4) is 6.07 Å². The standard InChI is InChI=1S/C15H18N6/c1-15(2,9-17)21-7-10(6-16)12-8-20-14-11(4-5-19-14)13(12)18-3/h4-8H,16H2,1-3H3,(H2,18,19,20). The van der Waals surface area contributed by atoms with E-state index in [9.17, 15) is 0 Å². The summed E-state index contributed by atoms with van der Waals surface area (Å²) in [5, 5.41) is 13.2. The van der Waals surface area contributed by atoms with Crippen molar-refractivity contribution in [1.82, 2.24) is 9.97 Å². The highest BCUT2D eigenvalue weighted by molar-refractivity contribution is 6.14. The van der Waals surface area contributed by atoms with Crippen molar-refractivity contribution < 1.29 is 0 Å². The first-order chi connectivity index (χ1) is 10.0. The van der Waals surface area contributed by atoms with E-state index in [0.717, 1.165) is 22.3 Å². The smallest absolute Gasteiger partial charge is 0.141 e. The number of allylic oxidation sites excluding steroid dienone is 1. The zero-order chi connectivity index (χ0) is 15.5. The minimum absolute atomic E-state index is 0.707. The number of hydrogen-bond donors (Lipinski definition) is 3. The molecule has 0 aromatic carbocycles. The van der Waals surface area contributed by atoms with E-state index in [0.29, 0.717) is 5.57 Å². The first-order valence-corrected chi connectivity index (χ1v) is 6.55. The molecule has 2 rings (SSSR count). The third kappa shape index (κ3) is 2.87. The van der Waals surface area contributed by atoms with Crippen LogP contribution in [0.25, 0.3) is 16.6 Å². The van der Waals surface area contributed by atoms with Gasteiger partial charge in [-0.1, -0.05) is 0 Å². The van der Waals surface area contributed by atoms with Crippen LogP contribution in [0.3, 0.4) is 0 Å². The number of fused-ring (bicyclic) bond motifs is 1. The number of aromatic nitrogens is 2. The van der Waals surface area contributed by atoms with Gasteiger partial charge in [-0.15, -0.1) is 0 Å². The lowest BCUT2D eigenvalue weighted by Crippen LogP contribution is -2.13. The molecule has 0 aliphatic carbocycles. The largest absolute Gasteiger partial charge is 0.404 e. The van der Waals surface area contributed by atoms with Crippen LogP contribution in [0.1, 0.15) is 19.4 Å². The van der Waals surface area contributed by atoms with Gasteiger partial charge in [-0.05, 0) is 19.9 Å². The Hall–Kier alpha value is -2.81. The van der Waals surface area contributed by atoms with Gasteiger partial charge in [-0.2, -0.15) is 5.26 Å². The number of aromatic amines is 1. The third-order valence-electron chi connectivity index (χ3n) is 3.13. The SMILES string of the molecule is CNc1c(C(C=NC(C)(C)C#N)=CN)cnc2[nH]ccc12. The highest BCUT2D eigenvalue weighted by Gasteiger charge is 2.15. The van der Waals surface area contributed by atoms with Crippen LogP contribution in [0.4, 0.5) is 5.69 Å². The summed E-state index contributed by atoms with van der Waals surface area (Å²) in [4.78, 5) is 11.7. The number of hydrogen-bond acceptors (Lipinski definition) is 5. The predicted octanol–water partition coefficient (Wildman–Crippen LogP) is 2.28. The maximum absolute atomic E-state index is 9.02. The van der Waals surface area contributed by atoms with E-state index in [-0.39, 0.29) is 0 Å². The number of anilines is 1. The predicted molar refractivity (Wildman–Crippen MR) is 86.0 cm³/mol. The summed E-state index contributed by atoms with van der Waals surface area (Å²) in [6, 6.07) is 4.07. The molecule has 21 heavy (non-hydrogen) atoms. The van der Waals surface area contributed by atoms with Gasteiger partial charge in [-0.25, -0.2) is 4.98 Å². The Morgan fingerprint density at radius 2 is 2.33 bits per heavy atom. The Kier molecular flexibility index (Phi) is 3.94. The van der Waals surface area contributed by atoms with Gasteiger partial charge in [0, 0.05) is 48.4 Å². The number of nitrogens with two attached hydrogens (primary N) is 1. The molecule has 108 valence electrons. The number of nitriles is 1. The van der Waals surface area contributed by atoms with Crippen LogP contribution < -0.4 is 11.1 Å². The first kappa shape index (κ1) is 14.6. The van der Waals surface area contributed by atoms with Gasteiger partial charge in [0.2, 0.25) is 0 Å². The Bertz CT molecular complexity index is 745. The molecule has 0 spiro atoms. The summed E-state index contributed by atoms with van der Waals surface area (Å²) >= 11 is 0. The molecule has 0 saturated carbocycles. The van der Waals surface area contributed by atoms with Crippen molar-refractivity contribution in [2.75, 3.05) is 12.4 Å². The second-order valence-electron chi connectivity index (χ2n) is 5.09. The number of nitrogens with zero attached hydrogens (tertiary/aromatic N) is 3. The van der Waals surface area contributed by atoms with Gasteiger partial charge in [-0.3, -0.25) is 4.99 Å². The maximum Gasteiger partial charge on any atom is 0.141 e. The molecule has 4 N–H and O–H groups in total. The van der Waals surface area contributed by atoms with Crippen molar-refractivity contribution in [3.63, 3.8) is 0 Å². The van der Waals surface area contributed by atoms with Crippen LogP contribution in [-0.2, 0) is 0 Å². The molecular weight excluding hydrogens is 264 g/mol. The van der Waals surface area contributed by atoms with Crippen molar-refractivity contribution in [2.24, 2.45) is 10.7 Å². The second-order valence-corrected chi connectivity index (χ2v) is 5.09. The van der Waals surface area contributed by atoms with Crippen LogP contribution in [0.5, 0.6) is 0 Å². The molecule has 0 amide bonds. The van der Waals surface area contributed by atoms with E-state index in [1.165, 1.54) is 6.20 Å². The fourth-order valence-corrected chi connectivity index (χ4v) is 1.96.